The van der Waals surface area contributed by atoms with Crippen LogP contribution in [-0.4, -0.2) is 17.0 Å². The van der Waals surface area contributed by atoms with E-state index in [0.717, 1.165) is 11.3 Å². The monoisotopic (exact) mass is 246 g/mol. The van der Waals surface area contributed by atoms with Gasteiger partial charge in [0.05, 0.1) is 11.6 Å². The third kappa shape index (κ3) is 2.95. The highest BCUT2D eigenvalue weighted by Crippen LogP contribution is 2.28. The van der Waals surface area contributed by atoms with Gasteiger partial charge in [0.15, 0.2) is 0 Å². The SMILES string of the molecule is Cc1ccc(C#N)cc1NC1CCCSC1C. The molecule has 1 aliphatic heterocycles. The van der Waals surface area contributed by atoms with Crippen molar-refractivity contribution < 1.29 is 0 Å². The molecule has 2 rings (SSSR count). The normalized spacial score (nSPS) is 24.1. The Bertz CT molecular complexity index is 436. The second-order valence-electron chi connectivity index (χ2n) is 4.61. The number of thioether (sulfide) groups is 1. The Hall–Kier alpha value is -1.14. The van der Waals surface area contributed by atoms with Crippen LogP contribution in [0.2, 0.25) is 0 Å². The van der Waals surface area contributed by atoms with Crippen molar-refractivity contribution in [1.82, 2.24) is 0 Å². The standard InChI is InChI=1S/C14H18N2S/c1-10-5-6-12(9-15)8-14(10)16-13-4-3-7-17-11(13)2/h5-6,8,11,13,16H,3-4,7H2,1-2H3. The molecule has 0 radical (unpaired) electrons. The zero-order valence-corrected chi connectivity index (χ0v) is 11.2. The molecule has 0 aromatic heterocycles. The summed E-state index contributed by atoms with van der Waals surface area (Å²) in [6.07, 6.45) is 2.51. The first-order valence-corrected chi connectivity index (χ1v) is 7.14. The van der Waals surface area contributed by atoms with Gasteiger partial charge in [0.1, 0.15) is 0 Å². The van der Waals surface area contributed by atoms with E-state index >= 15 is 0 Å². The number of nitriles is 1. The second-order valence-corrected chi connectivity index (χ2v) is 6.10. The number of nitrogens with one attached hydrogen (secondary N) is 1. The van der Waals surface area contributed by atoms with Crippen LogP contribution in [0, 0.1) is 18.3 Å². The average Bonchev–Trinajstić information content (AvgIpc) is 2.35. The van der Waals surface area contributed by atoms with Crippen molar-refractivity contribution in [3.05, 3.63) is 29.3 Å². The number of rotatable bonds is 2. The van der Waals surface area contributed by atoms with E-state index in [4.69, 9.17) is 5.26 Å². The summed E-state index contributed by atoms with van der Waals surface area (Å²) >= 11 is 2.03. The van der Waals surface area contributed by atoms with Crippen molar-refractivity contribution in [2.45, 2.75) is 38.0 Å². The predicted molar refractivity (Wildman–Crippen MR) is 74.5 cm³/mol. The van der Waals surface area contributed by atoms with E-state index in [1.807, 2.05) is 30.0 Å². The van der Waals surface area contributed by atoms with Crippen LogP contribution >= 0.6 is 11.8 Å². The zero-order valence-electron chi connectivity index (χ0n) is 10.4. The fraction of sp³-hybridized carbons (Fsp3) is 0.500. The quantitative estimate of drug-likeness (QED) is 0.866. The van der Waals surface area contributed by atoms with Crippen molar-refractivity contribution in [3.8, 4) is 6.07 Å². The third-order valence-corrected chi connectivity index (χ3v) is 4.69. The Morgan fingerprint density at radius 1 is 1.47 bits per heavy atom. The van der Waals surface area contributed by atoms with E-state index in [0.29, 0.717) is 11.3 Å². The molecule has 2 nitrogen and oxygen atoms in total. The average molecular weight is 246 g/mol. The Kier molecular flexibility index (Phi) is 3.96. The summed E-state index contributed by atoms with van der Waals surface area (Å²) in [7, 11) is 0. The lowest BCUT2D eigenvalue weighted by Crippen LogP contribution is -2.33. The number of hydrogen-bond acceptors (Lipinski definition) is 3. The molecule has 0 aliphatic carbocycles. The van der Waals surface area contributed by atoms with E-state index in [2.05, 4.69) is 25.2 Å². The van der Waals surface area contributed by atoms with Crippen molar-refractivity contribution in [3.63, 3.8) is 0 Å². The maximum atomic E-state index is 8.93. The molecular formula is C14H18N2S. The summed E-state index contributed by atoms with van der Waals surface area (Å²) in [5.41, 5.74) is 3.06. The number of hydrogen-bond donors (Lipinski definition) is 1. The Morgan fingerprint density at radius 2 is 2.29 bits per heavy atom. The number of nitrogens with zero attached hydrogens (tertiary/aromatic N) is 1. The van der Waals surface area contributed by atoms with Crippen molar-refractivity contribution in [1.29, 1.82) is 5.26 Å². The highest BCUT2D eigenvalue weighted by atomic mass is 32.2. The van der Waals surface area contributed by atoms with Gasteiger partial charge in [-0.15, -0.1) is 0 Å². The van der Waals surface area contributed by atoms with Crippen LogP contribution in [0.25, 0.3) is 0 Å². The molecule has 0 spiro atoms. The summed E-state index contributed by atoms with van der Waals surface area (Å²) in [6.45, 7) is 4.37. The molecule has 1 aromatic carbocycles. The molecule has 2 unspecified atom stereocenters. The first kappa shape index (κ1) is 12.3. The predicted octanol–water partition coefficient (Wildman–Crippen LogP) is 3.56. The highest BCUT2D eigenvalue weighted by molar-refractivity contribution is 8.00. The molecular weight excluding hydrogens is 228 g/mol. The van der Waals surface area contributed by atoms with Gasteiger partial charge in [0, 0.05) is 17.0 Å². The van der Waals surface area contributed by atoms with Crippen molar-refractivity contribution >= 4 is 17.4 Å². The molecule has 1 N–H and O–H groups in total. The largest absolute Gasteiger partial charge is 0.381 e. The van der Waals surface area contributed by atoms with E-state index in [1.165, 1.54) is 24.2 Å². The summed E-state index contributed by atoms with van der Waals surface area (Å²) in [5.74, 6) is 1.27. The summed E-state index contributed by atoms with van der Waals surface area (Å²) in [6, 6.07) is 8.58. The molecule has 17 heavy (non-hydrogen) atoms. The van der Waals surface area contributed by atoms with E-state index in [1.54, 1.807) is 0 Å². The Balaban J connectivity index is 2.14. The van der Waals surface area contributed by atoms with Gasteiger partial charge in [-0.2, -0.15) is 17.0 Å². The molecule has 1 heterocycles. The first-order valence-electron chi connectivity index (χ1n) is 6.09. The number of benzene rings is 1. The van der Waals surface area contributed by atoms with Gasteiger partial charge in [0.2, 0.25) is 0 Å². The van der Waals surface area contributed by atoms with Gasteiger partial charge >= 0.3 is 0 Å². The molecule has 1 saturated heterocycles. The van der Waals surface area contributed by atoms with Crippen LogP contribution in [0.15, 0.2) is 18.2 Å². The molecule has 90 valence electrons. The maximum absolute atomic E-state index is 8.93. The fourth-order valence-electron chi connectivity index (χ4n) is 2.16. The maximum Gasteiger partial charge on any atom is 0.0992 e. The molecule has 3 heteroatoms. The second kappa shape index (κ2) is 5.46. The fourth-order valence-corrected chi connectivity index (χ4v) is 3.30. The van der Waals surface area contributed by atoms with Crippen LogP contribution in [0.4, 0.5) is 5.69 Å². The molecule has 0 bridgehead atoms. The van der Waals surface area contributed by atoms with E-state index in [9.17, 15) is 0 Å². The van der Waals surface area contributed by atoms with Crippen molar-refractivity contribution in [2.24, 2.45) is 0 Å². The van der Waals surface area contributed by atoms with E-state index < -0.39 is 0 Å². The lowest BCUT2D eigenvalue weighted by molar-refractivity contribution is 0.617. The minimum atomic E-state index is 0.529. The Morgan fingerprint density at radius 3 is 3.00 bits per heavy atom. The van der Waals surface area contributed by atoms with Crippen LogP contribution in [0.5, 0.6) is 0 Å². The smallest absolute Gasteiger partial charge is 0.0992 e. The molecule has 0 amide bonds. The van der Waals surface area contributed by atoms with Crippen molar-refractivity contribution in [2.75, 3.05) is 11.1 Å². The van der Waals surface area contributed by atoms with Gasteiger partial charge in [-0.25, -0.2) is 0 Å². The Labute approximate surface area is 107 Å². The lowest BCUT2D eigenvalue weighted by atomic mass is 10.1. The third-order valence-electron chi connectivity index (χ3n) is 3.31. The summed E-state index contributed by atoms with van der Waals surface area (Å²) < 4.78 is 0. The van der Waals surface area contributed by atoms with Crippen LogP contribution in [0.1, 0.15) is 30.9 Å². The molecule has 1 aliphatic rings. The molecule has 1 aromatic rings. The van der Waals surface area contributed by atoms with Crippen LogP contribution in [0.3, 0.4) is 0 Å². The van der Waals surface area contributed by atoms with Gasteiger partial charge in [-0.3, -0.25) is 0 Å². The minimum absolute atomic E-state index is 0.529. The topological polar surface area (TPSA) is 35.8 Å². The lowest BCUT2D eigenvalue weighted by Gasteiger charge is -2.30. The van der Waals surface area contributed by atoms with Gasteiger partial charge in [-0.05, 0) is 43.2 Å². The number of aryl methyl sites for hydroxylation is 1. The van der Waals surface area contributed by atoms with Crippen LogP contribution in [-0.2, 0) is 0 Å². The summed E-state index contributed by atoms with van der Waals surface area (Å²) in [5, 5.41) is 13.2. The first-order chi connectivity index (χ1) is 8.20. The minimum Gasteiger partial charge on any atom is -0.381 e. The molecule has 2 atom stereocenters. The van der Waals surface area contributed by atoms with Gasteiger partial charge in [-0.1, -0.05) is 13.0 Å². The zero-order chi connectivity index (χ0) is 12.3. The molecule has 0 saturated carbocycles. The summed E-state index contributed by atoms with van der Waals surface area (Å²) in [4.78, 5) is 0. The van der Waals surface area contributed by atoms with E-state index in [-0.39, 0.29) is 0 Å². The highest BCUT2D eigenvalue weighted by Gasteiger charge is 2.21. The number of anilines is 1. The van der Waals surface area contributed by atoms with Gasteiger partial charge in [0.25, 0.3) is 0 Å². The molecule has 1 fully saturated rings. The van der Waals surface area contributed by atoms with Gasteiger partial charge < -0.3 is 5.32 Å². The van der Waals surface area contributed by atoms with Crippen LogP contribution < -0.4 is 5.32 Å².